The molecule has 8 heteroatoms. The van der Waals surface area contributed by atoms with E-state index < -0.39 is 0 Å². The average Bonchev–Trinajstić information content (AvgIpc) is 2.95. The molecule has 0 amide bonds. The number of H-pyrrole nitrogens is 1. The second-order valence-corrected chi connectivity index (χ2v) is 5.40. The van der Waals surface area contributed by atoms with Crippen molar-refractivity contribution >= 4 is 40.1 Å². The van der Waals surface area contributed by atoms with Gasteiger partial charge < -0.3 is 14.8 Å². The van der Waals surface area contributed by atoms with Gasteiger partial charge in [0.15, 0.2) is 5.69 Å². The van der Waals surface area contributed by atoms with Crippen molar-refractivity contribution in [1.82, 2.24) is 10.4 Å². The fourth-order valence-electron chi connectivity index (χ4n) is 2.18. The summed E-state index contributed by atoms with van der Waals surface area (Å²) in [6, 6.07) is 14.8. The molecule has 0 fully saturated rings. The number of hydrazone groups is 1. The minimum atomic E-state index is -0.0607. The molecule has 0 spiro atoms. The summed E-state index contributed by atoms with van der Waals surface area (Å²) in [5.74, 6) is 0.711. The van der Waals surface area contributed by atoms with Crippen LogP contribution in [-0.2, 0) is 0 Å². The summed E-state index contributed by atoms with van der Waals surface area (Å²) in [6.07, 6.45) is 1.60. The van der Waals surface area contributed by atoms with Gasteiger partial charge in [0.25, 0.3) is 0 Å². The number of methoxy groups -OCH3 is 1. The zero-order chi connectivity index (χ0) is 17.6. The van der Waals surface area contributed by atoms with Crippen LogP contribution in [0.4, 0.5) is 5.69 Å². The molecule has 3 rings (SSSR count). The zero-order valence-electron chi connectivity index (χ0n) is 13.3. The summed E-state index contributed by atoms with van der Waals surface area (Å²) < 4.78 is 5.09. The van der Waals surface area contributed by atoms with Gasteiger partial charge in [-0.2, -0.15) is 5.10 Å². The summed E-state index contributed by atoms with van der Waals surface area (Å²) >= 11 is 5.05. The van der Waals surface area contributed by atoms with E-state index in [1.165, 1.54) is 0 Å². The maximum absolute atomic E-state index is 9.90. The molecule has 0 radical (unpaired) electrons. The lowest BCUT2D eigenvalue weighted by molar-refractivity contribution is 0.415. The zero-order valence-corrected chi connectivity index (χ0v) is 14.1. The van der Waals surface area contributed by atoms with Gasteiger partial charge in [-0.3, -0.25) is 5.43 Å². The summed E-state index contributed by atoms with van der Waals surface area (Å²) in [5.41, 5.74) is 4.59. The van der Waals surface area contributed by atoms with Crippen molar-refractivity contribution < 1.29 is 9.84 Å². The molecular weight excluding hydrogens is 338 g/mol. The number of rotatable bonds is 4. The maximum Gasteiger partial charge on any atom is 0.234 e. The third-order valence-corrected chi connectivity index (χ3v) is 3.56. The molecule has 0 aliphatic heterocycles. The standard InChI is InChI=1S/C17H15N5O2S/c1-24-12-8-6-11(7-9-12)10-18-21-17(25)22-20-15-13-4-2-3-5-14(13)19-16(15)23/h2-10,19,23H,1H3,(H,21,25)/b18-10-,22-20?. The molecule has 3 N–H and O–H groups in total. The Balaban J connectivity index is 1.64. The van der Waals surface area contributed by atoms with Crippen LogP contribution in [0.1, 0.15) is 5.56 Å². The molecular formula is C17H15N5O2S. The molecule has 7 nitrogen and oxygen atoms in total. The lowest BCUT2D eigenvalue weighted by Gasteiger charge is -1.99. The van der Waals surface area contributed by atoms with Crippen molar-refractivity contribution in [3.63, 3.8) is 0 Å². The van der Waals surface area contributed by atoms with Crippen LogP contribution in [0, 0.1) is 0 Å². The molecule has 3 aromatic rings. The van der Waals surface area contributed by atoms with Gasteiger partial charge in [-0.15, -0.1) is 10.2 Å². The van der Waals surface area contributed by atoms with E-state index in [-0.39, 0.29) is 11.0 Å². The highest BCUT2D eigenvalue weighted by Gasteiger charge is 2.09. The van der Waals surface area contributed by atoms with Crippen LogP contribution in [0.25, 0.3) is 10.9 Å². The summed E-state index contributed by atoms with van der Waals surface area (Å²) in [6.45, 7) is 0. The van der Waals surface area contributed by atoms with Crippen LogP contribution >= 0.6 is 12.2 Å². The predicted octanol–water partition coefficient (Wildman–Crippen LogP) is 3.87. The number of benzene rings is 2. The van der Waals surface area contributed by atoms with Gasteiger partial charge in [-0.05, 0) is 48.1 Å². The van der Waals surface area contributed by atoms with Crippen LogP contribution in [0.5, 0.6) is 11.6 Å². The SMILES string of the molecule is COc1ccc(/C=N\NC(=S)N=Nc2c(O)[nH]c3ccccc23)cc1. The maximum atomic E-state index is 9.90. The van der Waals surface area contributed by atoms with Crippen LogP contribution < -0.4 is 10.2 Å². The quantitative estimate of drug-likeness (QED) is 0.287. The third-order valence-electron chi connectivity index (χ3n) is 3.39. The Morgan fingerprint density at radius 2 is 1.96 bits per heavy atom. The number of thiocarbonyl (C=S) groups is 1. The highest BCUT2D eigenvalue weighted by molar-refractivity contribution is 7.80. The number of aromatic nitrogens is 1. The van der Waals surface area contributed by atoms with Gasteiger partial charge in [0.2, 0.25) is 11.0 Å². The summed E-state index contributed by atoms with van der Waals surface area (Å²) in [5, 5.41) is 22.6. The van der Waals surface area contributed by atoms with Gasteiger partial charge in [0.1, 0.15) is 5.75 Å². The van der Waals surface area contributed by atoms with Crippen molar-refractivity contribution in [2.75, 3.05) is 7.11 Å². The molecule has 0 saturated heterocycles. The van der Waals surface area contributed by atoms with E-state index in [9.17, 15) is 5.11 Å². The first-order chi connectivity index (χ1) is 12.2. The van der Waals surface area contributed by atoms with Crippen LogP contribution in [-0.4, -0.2) is 28.5 Å². The number of ether oxygens (including phenoxy) is 1. The van der Waals surface area contributed by atoms with E-state index in [0.29, 0.717) is 5.69 Å². The molecule has 0 saturated carbocycles. The highest BCUT2D eigenvalue weighted by atomic mass is 32.1. The first-order valence-corrected chi connectivity index (χ1v) is 7.76. The number of aromatic amines is 1. The third kappa shape index (κ3) is 3.99. The molecule has 1 aromatic heterocycles. The van der Waals surface area contributed by atoms with E-state index >= 15 is 0 Å². The van der Waals surface area contributed by atoms with Crippen molar-refractivity contribution in [3.8, 4) is 11.6 Å². The number of para-hydroxylation sites is 1. The first kappa shape index (κ1) is 16.6. The summed E-state index contributed by atoms with van der Waals surface area (Å²) in [7, 11) is 1.61. The predicted molar refractivity (Wildman–Crippen MR) is 101 cm³/mol. The minimum Gasteiger partial charge on any atom is -0.497 e. The van der Waals surface area contributed by atoms with Crippen LogP contribution in [0.2, 0.25) is 0 Å². The number of aromatic hydroxyl groups is 1. The minimum absolute atomic E-state index is 0.0607. The topological polar surface area (TPSA) is 94.4 Å². The Morgan fingerprint density at radius 1 is 1.20 bits per heavy atom. The van der Waals surface area contributed by atoms with E-state index in [1.807, 2.05) is 48.5 Å². The fraction of sp³-hybridized carbons (Fsp3) is 0.0588. The number of hydrogen-bond acceptors (Lipinski definition) is 5. The molecule has 0 atom stereocenters. The Kier molecular flexibility index (Phi) is 5.00. The Bertz CT molecular complexity index is 947. The fourth-order valence-corrected chi connectivity index (χ4v) is 2.28. The number of nitrogens with one attached hydrogen (secondary N) is 2. The average molecular weight is 353 g/mol. The van der Waals surface area contributed by atoms with Gasteiger partial charge >= 0.3 is 0 Å². The summed E-state index contributed by atoms with van der Waals surface area (Å²) in [4.78, 5) is 2.82. The monoisotopic (exact) mass is 353 g/mol. The lowest BCUT2D eigenvalue weighted by Crippen LogP contribution is -2.11. The largest absolute Gasteiger partial charge is 0.497 e. The number of fused-ring (bicyclic) bond motifs is 1. The van der Waals surface area contributed by atoms with Gasteiger partial charge in [0.05, 0.1) is 18.8 Å². The van der Waals surface area contributed by atoms with Crippen molar-refractivity contribution in [1.29, 1.82) is 0 Å². The smallest absolute Gasteiger partial charge is 0.234 e. The number of azo groups is 1. The van der Waals surface area contributed by atoms with Gasteiger partial charge in [0, 0.05) is 5.39 Å². The second-order valence-electron chi connectivity index (χ2n) is 5.02. The van der Waals surface area contributed by atoms with Gasteiger partial charge in [-0.1, -0.05) is 18.2 Å². The lowest BCUT2D eigenvalue weighted by atomic mass is 10.2. The number of hydrogen-bond donors (Lipinski definition) is 3. The molecule has 0 bridgehead atoms. The van der Waals surface area contributed by atoms with E-state index in [0.717, 1.165) is 22.2 Å². The molecule has 0 aliphatic carbocycles. The Hall–Kier alpha value is -3.26. The highest BCUT2D eigenvalue weighted by Crippen LogP contribution is 2.35. The van der Waals surface area contributed by atoms with Gasteiger partial charge in [-0.25, -0.2) is 0 Å². The Labute approximate surface area is 149 Å². The van der Waals surface area contributed by atoms with Crippen molar-refractivity contribution in [2.45, 2.75) is 0 Å². The second kappa shape index (κ2) is 7.54. The van der Waals surface area contributed by atoms with Crippen LogP contribution in [0.15, 0.2) is 63.9 Å². The molecule has 0 aliphatic rings. The molecule has 25 heavy (non-hydrogen) atoms. The molecule has 0 unspecified atom stereocenters. The van der Waals surface area contributed by atoms with E-state index in [4.69, 9.17) is 17.0 Å². The normalized spacial score (nSPS) is 11.4. The molecule has 2 aromatic carbocycles. The number of nitrogens with zero attached hydrogens (tertiary/aromatic N) is 3. The van der Waals surface area contributed by atoms with E-state index in [1.54, 1.807) is 13.3 Å². The first-order valence-electron chi connectivity index (χ1n) is 7.36. The molecule has 126 valence electrons. The van der Waals surface area contributed by atoms with E-state index in [2.05, 4.69) is 25.7 Å². The molecule has 1 heterocycles. The Morgan fingerprint density at radius 3 is 2.72 bits per heavy atom. The van der Waals surface area contributed by atoms with Crippen molar-refractivity contribution in [2.24, 2.45) is 15.3 Å². The van der Waals surface area contributed by atoms with Crippen LogP contribution in [0.3, 0.4) is 0 Å². The van der Waals surface area contributed by atoms with Crippen molar-refractivity contribution in [3.05, 3.63) is 54.1 Å².